The summed E-state index contributed by atoms with van der Waals surface area (Å²) in [4.78, 5) is 10.4. The third-order valence-electron chi connectivity index (χ3n) is 2.56. The molecule has 0 radical (unpaired) electrons. The lowest BCUT2D eigenvalue weighted by Gasteiger charge is -2.09. The van der Waals surface area contributed by atoms with Crippen molar-refractivity contribution in [2.75, 3.05) is 19.8 Å². The molecule has 0 atom stereocenters. The highest BCUT2D eigenvalue weighted by atomic mass is 16.5. The molecule has 0 amide bonds. The van der Waals surface area contributed by atoms with Crippen molar-refractivity contribution in [3.63, 3.8) is 0 Å². The Morgan fingerprint density at radius 2 is 2.00 bits per heavy atom. The molecule has 1 aromatic carbocycles. The zero-order valence-corrected chi connectivity index (χ0v) is 12.1. The molecule has 0 saturated carbocycles. The normalized spacial score (nSPS) is 10.8. The molecule has 0 fully saturated rings. The van der Waals surface area contributed by atoms with Gasteiger partial charge in [-0.05, 0) is 44.5 Å². The Balaban J connectivity index is 2.16. The van der Waals surface area contributed by atoms with E-state index in [2.05, 4.69) is 5.32 Å². The number of carboxylic acid groups (broad SMARTS) is 1. The Morgan fingerprint density at radius 1 is 1.30 bits per heavy atom. The van der Waals surface area contributed by atoms with Gasteiger partial charge < -0.3 is 19.9 Å². The van der Waals surface area contributed by atoms with Crippen LogP contribution in [0.3, 0.4) is 0 Å². The Labute approximate surface area is 119 Å². The number of carboxylic acids is 1. The second kappa shape index (κ2) is 9.34. The molecule has 20 heavy (non-hydrogen) atoms. The third-order valence-corrected chi connectivity index (χ3v) is 2.56. The van der Waals surface area contributed by atoms with E-state index in [-0.39, 0.29) is 12.7 Å². The molecule has 0 aromatic heterocycles. The summed E-state index contributed by atoms with van der Waals surface area (Å²) in [5.74, 6) is -0.402. The summed E-state index contributed by atoms with van der Waals surface area (Å²) in [5, 5.41) is 11.8. The quantitative estimate of drug-likeness (QED) is 0.642. The molecule has 0 aliphatic carbocycles. The number of nitrogens with one attached hydrogen (secondary N) is 1. The maximum atomic E-state index is 10.4. The summed E-state index contributed by atoms with van der Waals surface area (Å²) in [6, 6.07) is 7.41. The smallest absolute Gasteiger partial charge is 0.341 e. The number of rotatable bonds is 10. The van der Waals surface area contributed by atoms with Crippen molar-refractivity contribution in [2.45, 2.75) is 32.9 Å². The van der Waals surface area contributed by atoms with Crippen LogP contribution in [0.5, 0.6) is 5.75 Å². The molecule has 0 heterocycles. The fourth-order valence-corrected chi connectivity index (χ4v) is 1.60. The van der Waals surface area contributed by atoms with Crippen LogP contribution in [-0.4, -0.2) is 36.9 Å². The predicted molar refractivity (Wildman–Crippen MR) is 77.0 cm³/mol. The van der Waals surface area contributed by atoms with Crippen molar-refractivity contribution in [3.05, 3.63) is 29.8 Å². The van der Waals surface area contributed by atoms with Crippen LogP contribution >= 0.6 is 0 Å². The number of ether oxygens (including phenoxy) is 2. The largest absolute Gasteiger partial charge is 0.482 e. The van der Waals surface area contributed by atoms with Gasteiger partial charge in [0.25, 0.3) is 0 Å². The molecule has 5 nitrogen and oxygen atoms in total. The van der Waals surface area contributed by atoms with Gasteiger partial charge >= 0.3 is 5.97 Å². The number of hydrogen-bond donors (Lipinski definition) is 2. The van der Waals surface area contributed by atoms with Gasteiger partial charge in [-0.2, -0.15) is 0 Å². The summed E-state index contributed by atoms with van der Waals surface area (Å²) < 4.78 is 10.5. The highest BCUT2D eigenvalue weighted by Gasteiger charge is 1.99. The molecule has 1 rings (SSSR count). The van der Waals surface area contributed by atoms with Crippen molar-refractivity contribution in [3.8, 4) is 5.75 Å². The molecule has 0 unspecified atom stereocenters. The molecular formula is C15H23NO4. The summed E-state index contributed by atoms with van der Waals surface area (Å²) in [5.41, 5.74) is 1.14. The lowest BCUT2D eigenvalue weighted by Crippen LogP contribution is -2.17. The van der Waals surface area contributed by atoms with E-state index >= 15 is 0 Å². The lowest BCUT2D eigenvalue weighted by molar-refractivity contribution is -0.139. The van der Waals surface area contributed by atoms with Crippen LogP contribution in [0.2, 0.25) is 0 Å². The zero-order chi connectivity index (χ0) is 14.8. The molecule has 112 valence electrons. The molecule has 0 saturated heterocycles. The first-order chi connectivity index (χ1) is 9.58. The minimum Gasteiger partial charge on any atom is -0.482 e. The number of aliphatic carboxylic acids is 1. The van der Waals surface area contributed by atoms with Gasteiger partial charge in [-0.3, -0.25) is 0 Å². The zero-order valence-electron chi connectivity index (χ0n) is 12.1. The molecular weight excluding hydrogens is 258 g/mol. The summed E-state index contributed by atoms with van der Waals surface area (Å²) in [6.07, 6.45) is 1.27. The van der Waals surface area contributed by atoms with Gasteiger partial charge in [-0.25, -0.2) is 4.79 Å². The Kier molecular flexibility index (Phi) is 7.69. The molecule has 0 aliphatic rings. The number of hydrogen-bond acceptors (Lipinski definition) is 4. The minimum atomic E-state index is -0.973. The SMILES string of the molecule is CC(C)OCCCNCc1ccc(OCC(=O)O)cc1. The Morgan fingerprint density at radius 3 is 2.60 bits per heavy atom. The highest BCUT2D eigenvalue weighted by Crippen LogP contribution is 2.11. The molecule has 0 spiro atoms. The van der Waals surface area contributed by atoms with Gasteiger partial charge in [0.1, 0.15) is 5.75 Å². The van der Waals surface area contributed by atoms with Crippen LogP contribution in [-0.2, 0) is 16.1 Å². The standard InChI is InChI=1S/C15H23NO4/c1-12(2)19-9-3-8-16-10-13-4-6-14(7-5-13)20-11-15(17)18/h4-7,12,16H,3,8-11H2,1-2H3,(H,17,18). The van der Waals surface area contributed by atoms with Crippen molar-refractivity contribution in [2.24, 2.45) is 0 Å². The van der Waals surface area contributed by atoms with Crippen LogP contribution in [0.25, 0.3) is 0 Å². The van der Waals surface area contributed by atoms with Gasteiger partial charge in [-0.1, -0.05) is 12.1 Å². The van der Waals surface area contributed by atoms with E-state index in [1.807, 2.05) is 26.0 Å². The average molecular weight is 281 g/mol. The van der Waals surface area contributed by atoms with E-state index in [1.54, 1.807) is 12.1 Å². The van der Waals surface area contributed by atoms with E-state index in [4.69, 9.17) is 14.6 Å². The first kappa shape index (κ1) is 16.5. The Bertz CT molecular complexity index is 389. The highest BCUT2D eigenvalue weighted by molar-refractivity contribution is 5.68. The summed E-state index contributed by atoms with van der Waals surface area (Å²) >= 11 is 0. The fourth-order valence-electron chi connectivity index (χ4n) is 1.60. The number of carbonyl (C=O) groups is 1. The van der Waals surface area contributed by atoms with Crippen molar-refractivity contribution >= 4 is 5.97 Å². The lowest BCUT2D eigenvalue weighted by atomic mass is 10.2. The predicted octanol–water partition coefficient (Wildman–Crippen LogP) is 2.05. The van der Waals surface area contributed by atoms with E-state index in [0.717, 1.165) is 31.7 Å². The summed E-state index contributed by atoms with van der Waals surface area (Å²) in [6.45, 7) is 6.20. The monoisotopic (exact) mass is 281 g/mol. The maximum absolute atomic E-state index is 10.4. The first-order valence-corrected chi connectivity index (χ1v) is 6.84. The second-order valence-electron chi connectivity index (χ2n) is 4.78. The molecule has 0 aliphatic heterocycles. The molecule has 0 bridgehead atoms. The number of benzene rings is 1. The van der Waals surface area contributed by atoms with Crippen molar-refractivity contribution in [1.82, 2.24) is 5.32 Å². The Hall–Kier alpha value is -1.59. The van der Waals surface area contributed by atoms with Gasteiger partial charge in [0.05, 0.1) is 6.10 Å². The van der Waals surface area contributed by atoms with Crippen molar-refractivity contribution in [1.29, 1.82) is 0 Å². The second-order valence-corrected chi connectivity index (χ2v) is 4.78. The van der Waals surface area contributed by atoms with Crippen LogP contribution in [0.15, 0.2) is 24.3 Å². The first-order valence-electron chi connectivity index (χ1n) is 6.84. The van der Waals surface area contributed by atoms with E-state index < -0.39 is 5.97 Å². The van der Waals surface area contributed by atoms with Gasteiger partial charge in [0.15, 0.2) is 6.61 Å². The topological polar surface area (TPSA) is 67.8 Å². The van der Waals surface area contributed by atoms with Crippen LogP contribution in [0, 0.1) is 0 Å². The van der Waals surface area contributed by atoms with Crippen LogP contribution < -0.4 is 10.1 Å². The van der Waals surface area contributed by atoms with E-state index in [9.17, 15) is 4.79 Å². The summed E-state index contributed by atoms with van der Waals surface area (Å²) in [7, 11) is 0. The van der Waals surface area contributed by atoms with Crippen LogP contribution in [0.4, 0.5) is 0 Å². The van der Waals surface area contributed by atoms with E-state index in [0.29, 0.717) is 5.75 Å². The third kappa shape index (κ3) is 7.76. The maximum Gasteiger partial charge on any atom is 0.341 e. The fraction of sp³-hybridized carbons (Fsp3) is 0.533. The molecule has 5 heteroatoms. The average Bonchev–Trinajstić information content (AvgIpc) is 2.41. The minimum absolute atomic E-state index is 0.286. The molecule has 2 N–H and O–H groups in total. The molecule has 1 aromatic rings. The van der Waals surface area contributed by atoms with Gasteiger partial charge in [0.2, 0.25) is 0 Å². The van der Waals surface area contributed by atoms with Crippen molar-refractivity contribution < 1.29 is 19.4 Å². The van der Waals surface area contributed by atoms with Crippen LogP contribution in [0.1, 0.15) is 25.8 Å². The van der Waals surface area contributed by atoms with Gasteiger partial charge in [0, 0.05) is 13.2 Å². The van der Waals surface area contributed by atoms with Gasteiger partial charge in [-0.15, -0.1) is 0 Å². The van der Waals surface area contributed by atoms with E-state index in [1.165, 1.54) is 0 Å².